The highest BCUT2D eigenvalue weighted by molar-refractivity contribution is 5.90. The van der Waals surface area contributed by atoms with Crippen LogP contribution >= 0.6 is 0 Å². The number of rotatable bonds is 4. The summed E-state index contributed by atoms with van der Waals surface area (Å²) < 4.78 is 0. The van der Waals surface area contributed by atoms with Gasteiger partial charge in [0.05, 0.1) is 0 Å². The van der Waals surface area contributed by atoms with Gasteiger partial charge in [-0.15, -0.1) is 0 Å². The Bertz CT molecular complexity index is 553. The highest BCUT2D eigenvalue weighted by Gasteiger charge is 2.39. The van der Waals surface area contributed by atoms with Gasteiger partial charge in [-0.25, -0.2) is 9.97 Å². The number of carbonyl (C=O) groups is 1. The summed E-state index contributed by atoms with van der Waals surface area (Å²) in [4.78, 5) is 23.5. The molecule has 2 fully saturated rings. The van der Waals surface area contributed by atoms with E-state index in [1.165, 1.54) is 12.8 Å². The highest BCUT2D eigenvalue weighted by atomic mass is 16.2. The van der Waals surface area contributed by atoms with Crippen molar-refractivity contribution in [2.75, 3.05) is 29.9 Å². The van der Waals surface area contributed by atoms with Crippen LogP contribution in [0.15, 0.2) is 6.07 Å². The zero-order valence-electron chi connectivity index (χ0n) is 12.9. The molecule has 2 N–H and O–H groups in total. The lowest BCUT2D eigenvalue weighted by atomic mass is 9.99. The van der Waals surface area contributed by atoms with Crippen LogP contribution in [0.5, 0.6) is 0 Å². The molecule has 1 amide bonds. The molecule has 0 atom stereocenters. The number of nitrogens with zero attached hydrogens (tertiary/aromatic N) is 3. The van der Waals surface area contributed by atoms with E-state index in [1.807, 2.05) is 19.9 Å². The zero-order chi connectivity index (χ0) is 15.0. The molecule has 2 aliphatic rings. The maximum atomic E-state index is 12.1. The van der Waals surface area contributed by atoms with Gasteiger partial charge in [0, 0.05) is 31.6 Å². The second-order valence-electron chi connectivity index (χ2n) is 6.24. The normalized spacial score (nSPS) is 21.1. The third-order valence-corrected chi connectivity index (χ3v) is 4.16. The summed E-state index contributed by atoms with van der Waals surface area (Å²) in [6.07, 6.45) is 2.33. The van der Waals surface area contributed by atoms with E-state index in [1.54, 1.807) is 0 Å². The van der Waals surface area contributed by atoms with Gasteiger partial charge in [0.15, 0.2) is 0 Å². The van der Waals surface area contributed by atoms with Gasteiger partial charge in [-0.1, -0.05) is 0 Å². The van der Waals surface area contributed by atoms with E-state index in [2.05, 4.69) is 27.4 Å². The Morgan fingerprint density at radius 3 is 2.86 bits per heavy atom. The molecule has 1 aliphatic heterocycles. The first-order valence-corrected chi connectivity index (χ1v) is 7.71. The van der Waals surface area contributed by atoms with Gasteiger partial charge in [0.25, 0.3) is 0 Å². The summed E-state index contributed by atoms with van der Waals surface area (Å²) >= 11 is 0. The standard InChI is InChI=1S/C15H23N5O/c1-4-16-11-9-12(19-13(18-11)10-5-6-10)20-8-7-17-14(21)15(20,2)3/h9-10H,4-8H2,1-3H3,(H,17,21)(H,16,18,19). The average Bonchev–Trinajstić information content (AvgIpc) is 3.26. The Kier molecular flexibility index (Phi) is 3.47. The third kappa shape index (κ3) is 2.66. The number of amides is 1. The lowest BCUT2D eigenvalue weighted by Crippen LogP contribution is -2.62. The molecule has 6 heteroatoms. The first-order valence-electron chi connectivity index (χ1n) is 7.71. The minimum atomic E-state index is -0.586. The molecule has 1 aromatic rings. The number of carbonyl (C=O) groups excluding carboxylic acids is 1. The van der Waals surface area contributed by atoms with Crippen molar-refractivity contribution in [2.24, 2.45) is 0 Å². The SMILES string of the molecule is CCNc1cc(N2CCNC(=O)C2(C)C)nc(C2CC2)n1. The first kappa shape index (κ1) is 14.1. The van der Waals surface area contributed by atoms with Gasteiger partial charge >= 0.3 is 0 Å². The smallest absolute Gasteiger partial charge is 0.245 e. The second kappa shape index (κ2) is 5.16. The third-order valence-electron chi connectivity index (χ3n) is 4.16. The quantitative estimate of drug-likeness (QED) is 0.879. The van der Waals surface area contributed by atoms with E-state index in [0.717, 1.165) is 30.5 Å². The molecule has 2 heterocycles. The molecule has 114 valence electrons. The van der Waals surface area contributed by atoms with Crippen molar-refractivity contribution in [1.82, 2.24) is 15.3 Å². The fourth-order valence-corrected chi connectivity index (χ4v) is 2.69. The minimum absolute atomic E-state index is 0.0466. The van der Waals surface area contributed by atoms with E-state index in [4.69, 9.17) is 4.98 Å². The van der Waals surface area contributed by atoms with E-state index in [0.29, 0.717) is 12.5 Å². The number of hydrogen-bond acceptors (Lipinski definition) is 5. The van der Waals surface area contributed by atoms with Gasteiger partial charge in [0.2, 0.25) is 5.91 Å². The van der Waals surface area contributed by atoms with Crippen molar-refractivity contribution in [2.45, 2.75) is 45.1 Å². The molecule has 0 radical (unpaired) electrons. The number of hydrogen-bond donors (Lipinski definition) is 2. The first-order chi connectivity index (χ1) is 10.0. The van der Waals surface area contributed by atoms with Crippen molar-refractivity contribution < 1.29 is 4.79 Å². The number of nitrogens with one attached hydrogen (secondary N) is 2. The van der Waals surface area contributed by atoms with E-state index in [-0.39, 0.29) is 5.91 Å². The van der Waals surface area contributed by atoms with Crippen LogP contribution in [0, 0.1) is 0 Å². The lowest BCUT2D eigenvalue weighted by molar-refractivity contribution is -0.126. The summed E-state index contributed by atoms with van der Waals surface area (Å²) in [7, 11) is 0. The summed E-state index contributed by atoms with van der Waals surface area (Å²) in [6, 6.07) is 1.95. The largest absolute Gasteiger partial charge is 0.370 e. The predicted octanol–water partition coefficient (Wildman–Crippen LogP) is 1.50. The van der Waals surface area contributed by atoms with Crippen LogP contribution in [-0.2, 0) is 4.79 Å². The average molecular weight is 289 g/mol. The topological polar surface area (TPSA) is 70.2 Å². The maximum absolute atomic E-state index is 12.1. The Hall–Kier alpha value is -1.85. The van der Waals surface area contributed by atoms with Crippen LogP contribution in [0.2, 0.25) is 0 Å². The summed E-state index contributed by atoms with van der Waals surface area (Å²) in [5.41, 5.74) is -0.586. The fraction of sp³-hybridized carbons (Fsp3) is 0.667. The fourth-order valence-electron chi connectivity index (χ4n) is 2.69. The Morgan fingerprint density at radius 1 is 1.43 bits per heavy atom. The summed E-state index contributed by atoms with van der Waals surface area (Å²) in [5.74, 6) is 3.15. The summed E-state index contributed by atoms with van der Waals surface area (Å²) in [5, 5.41) is 6.19. The molecule has 1 saturated carbocycles. The minimum Gasteiger partial charge on any atom is -0.370 e. The Labute approximate surface area is 125 Å². The van der Waals surface area contributed by atoms with Crippen molar-refractivity contribution in [1.29, 1.82) is 0 Å². The lowest BCUT2D eigenvalue weighted by Gasteiger charge is -2.42. The molecule has 0 bridgehead atoms. The van der Waals surface area contributed by atoms with Crippen LogP contribution < -0.4 is 15.5 Å². The van der Waals surface area contributed by atoms with Crippen molar-refractivity contribution >= 4 is 17.5 Å². The molecular formula is C15H23N5O. The monoisotopic (exact) mass is 289 g/mol. The van der Waals surface area contributed by atoms with Crippen LogP contribution in [0.4, 0.5) is 11.6 Å². The molecule has 0 spiro atoms. The molecular weight excluding hydrogens is 266 g/mol. The van der Waals surface area contributed by atoms with Crippen LogP contribution in [0.3, 0.4) is 0 Å². The summed E-state index contributed by atoms with van der Waals surface area (Å²) in [6.45, 7) is 8.18. The number of piperazine rings is 1. The van der Waals surface area contributed by atoms with Gasteiger partial charge in [-0.05, 0) is 33.6 Å². The van der Waals surface area contributed by atoms with Gasteiger partial charge in [0.1, 0.15) is 23.0 Å². The van der Waals surface area contributed by atoms with Crippen LogP contribution in [0.25, 0.3) is 0 Å². The number of aromatic nitrogens is 2. The van der Waals surface area contributed by atoms with Crippen LogP contribution in [0.1, 0.15) is 45.4 Å². The van der Waals surface area contributed by atoms with Gasteiger partial charge in [-0.2, -0.15) is 0 Å². The molecule has 1 aliphatic carbocycles. The highest BCUT2D eigenvalue weighted by Crippen LogP contribution is 2.39. The molecule has 21 heavy (non-hydrogen) atoms. The van der Waals surface area contributed by atoms with E-state index < -0.39 is 5.54 Å². The molecule has 1 saturated heterocycles. The molecule has 0 unspecified atom stereocenters. The zero-order valence-corrected chi connectivity index (χ0v) is 12.9. The molecule has 1 aromatic heterocycles. The molecule has 0 aromatic carbocycles. The predicted molar refractivity (Wildman–Crippen MR) is 82.6 cm³/mol. The second-order valence-corrected chi connectivity index (χ2v) is 6.24. The van der Waals surface area contributed by atoms with Crippen molar-refractivity contribution in [3.05, 3.63) is 11.9 Å². The van der Waals surface area contributed by atoms with E-state index >= 15 is 0 Å². The van der Waals surface area contributed by atoms with Gasteiger partial charge in [-0.3, -0.25) is 4.79 Å². The Morgan fingerprint density at radius 2 is 2.19 bits per heavy atom. The van der Waals surface area contributed by atoms with Crippen molar-refractivity contribution in [3.63, 3.8) is 0 Å². The number of anilines is 2. The van der Waals surface area contributed by atoms with Gasteiger partial charge < -0.3 is 15.5 Å². The molecule has 6 nitrogen and oxygen atoms in total. The van der Waals surface area contributed by atoms with Crippen molar-refractivity contribution in [3.8, 4) is 0 Å². The van der Waals surface area contributed by atoms with E-state index in [9.17, 15) is 4.79 Å². The Balaban J connectivity index is 1.97. The van der Waals surface area contributed by atoms with Crippen LogP contribution in [-0.4, -0.2) is 41.0 Å². The molecule has 3 rings (SSSR count). The maximum Gasteiger partial charge on any atom is 0.245 e.